The van der Waals surface area contributed by atoms with Crippen molar-refractivity contribution in [1.29, 1.82) is 0 Å². The molecular formula is C45H87O4P. The summed E-state index contributed by atoms with van der Waals surface area (Å²) >= 11 is 0. The lowest BCUT2D eigenvalue weighted by Crippen LogP contribution is -1.89. The summed E-state index contributed by atoms with van der Waals surface area (Å²) in [6, 6.07) is 0. The van der Waals surface area contributed by atoms with E-state index >= 15 is 0 Å². The van der Waals surface area contributed by atoms with Crippen LogP contribution in [0.4, 0.5) is 0 Å². The summed E-state index contributed by atoms with van der Waals surface area (Å²) in [5.74, 6) is 0. The van der Waals surface area contributed by atoms with Crippen molar-refractivity contribution in [2.45, 2.75) is 252 Å². The van der Waals surface area contributed by atoms with Crippen LogP contribution in [0.25, 0.3) is 0 Å². The van der Waals surface area contributed by atoms with E-state index in [1.807, 2.05) is 18.2 Å². The lowest BCUT2D eigenvalue weighted by Gasteiger charge is -2.13. The second kappa shape index (κ2) is 42.3. The first-order valence-corrected chi connectivity index (χ1v) is 23.7. The van der Waals surface area contributed by atoms with Gasteiger partial charge in [0.05, 0.1) is 18.8 Å². The molecule has 0 amide bonds. The Morgan fingerprint density at radius 1 is 0.300 bits per heavy atom. The number of phosphoric acid groups is 1. The van der Waals surface area contributed by atoms with Gasteiger partial charge in [0.1, 0.15) is 0 Å². The molecule has 296 valence electrons. The zero-order valence-electron chi connectivity index (χ0n) is 34.0. The van der Waals surface area contributed by atoms with E-state index in [0.717, 1.165) is 38.5 Å². The van der Waals surface area contributed by atoms with Crippen molar-refractivity contribution >= 4 is 7.82 Å². The van der Waals surface area contributed by atoms with E-state index in [1.54, 1.807) is 0 Å². The summed E-state index contributed by atoms with van der Waals surface area (Å²) in [6.45, 7) is 6.83. The van der Waals surface area contributed by atoms with Gasteiger partial charge in [-0.1, -0.05) is 213 Å². The molecule has 0 aliphatic carbocycles. The van der Waals surface area contributed by atoms with Crippen molar-refractivity contribution < 1.29 is 18.1 Å². The largest absolute Gasteiger partial charge is 0.645 e. The number of phosphoric ester groups is 1. The second-order valence-corrected chi connectivity index (χ2v) is 16.4. The number of allylic oxidation sites excluding steroid dienone is 3. The van der Waals surface area contributed by atoms with Crippen molar-refractivity contribution in [2.24, 2.45) is 0 Å². The summed E-state index contributed by atoms with van der Waals surface area (Å²) in [5, 5.41) is 0. The summed E-state index contributed by atoms with van der Waals surface area (Å²) in [6.07, 6.45) is 57.1. The number of rotatable bonds is 42. The van der Waals surface area contributed by atoms with E-state index in [4.69, 9.17) is 13.6 Å². The van der Waals surface area contributed by atoms with Crippen LogP contribution in [-0.4, -0.2) is 0 Å². The molecule has 0 atom stereocenters. The molecule has 0 fully saturated rings. The van der Waals surface area contributed by atoms with Crippen molar-refractivity contribution in [1.82, 2.24) is 0 Å². The number of unbranched alkanes of at least 4 members (excludes halogenated alkanes) is 33. The quantitative estimate of drug-likeness (QED) is 0.0357. The Morgan fingerprint density at radius 2 is 0.480 bits per heavy atom. The fraction of sp³-hybridized carbons (Fsp3) is 0.867. The standard InChI is InChI=1S/C45H87O4P/c1-4-7-10-13-16-19-22-25-28-31-34-37-40-43-47-50(46,48-44-41-38-35-32-29-26-23-20-17-14-11-8-5-2)49-45-42-39-36-33-30-27-24-21-18-15-12-9-6-3/h40-45H,4-39H2,1-3H3. The highest BCUT2D eigenvalue weighted by molar-refractivity contribution is 7.48. The van der Waals surface area contributed by atoms with Crippen molar-refractivity contribution in [3.63, 3.8) is 0 Å². The minimum atomic E-state index is -3.73. The van der Waals surface area contributed by atoms with Crippen LogP contribution in [-0.2, 0) is 18.1 Å². The van der Waals surface area contributed by atoms with Gasteiger partial charge in [-0.3, -0.25) is 0 Å². The van der Waals surface area contributed by atoms with Crippen LogP contribution >= 0.6 is 7.82 Å². The third kappa shape index (κ3) is 39.6. The zero-order valence-corrected chi connectivity index (χ0v) is 34.9. The lowest BCUT2D eigenvalue weighted by molar-refractivity contribution is 0.229. The molecule has 0 rings (SSSR count). The van der Waals surface area contributed by atoms with Crippen LogP contribution in [0.1, 0.15) is 252 Å². The molecule has 0 aromatic carbocycles. The summed E-state index contributed by atoms with van der Waals surface area (Å²) in [5.41, 5.74) is 0. The van der Waals surface area contributed by atoms with Gasteiger partial charge < -0.3 is 13.6 Å². The number of hydrogen-bond donors (Lipinski definition) is 0. The maximum absolute atomic E-state index is 13.3. The fourth-order valence-corrected chi connectivity index (χ4v) is 7.27. The minimum absolute atomic E-state index is 0.917. The molecule has 0 saturated heterocycles. The van der Waals surface area contributed by atoms with Crippen molar-refractivity contribution in [3.8, 4) is 0 Å². The molecule has 5 heteroatoms. The van der Waals surface area contributed by atoms with Crippen LogP contribution in [0.2, 0.25) is 0 Å². The van der Waals surface area contributed by atoms with Crippen LogP contribution in [0.15, 0.2) is 37.0 Å². The Kier molecular flexibility index (Phi) is 41.3. The first kappa shape index (κ1) is 48.9. The molecule has 4 nitrogen and oxygen atoms in total. The topological polar surface area (TPSA) is 44.8 Å². The van der Waals surface area contributed by atoms with Gasteiger partial charge in [0.15, 0.2) is 0 Å². The molecular weight excluding hydrogens is 635 g/mol. The van der Waals surface area contributed by atoms with Crippen molar-refractivity contribution in [2.75, 3.05) is 0 Å². The van der Waals surface area contributed by atoms with Gasteiger partial charge in [0.2, 0.25) is 0 Å². The normalized spacial score (nSPS) is 13.2. The van der Waals surface area contributed by atoms with E-state index in [0.29, 0.717) is 0 Å². The maximum Gasteiger partial charge on any atom is 0.645 e. The molecule has 0 aliphatic heterocycles. The Hall–Kier alpha value is -1.15. The molecule has 50 heavy (non-hydrogen) atoms. The predicted octanol–water partition coefficient (Wildman–Crippen LogP) is 17.8. The van der Waals surface area contributed by atoms with Crippen LogP contribution in [0.3, 0.4) is 0 Å². The second-order valence-electron chi connectivity index (χ2n) is 14.9. The predicted molar refractivity (Wildman–Crippen MR) is 222 cm³/mol. The van der Waals surface area contributed by atoms with Crippen LogP contribution < -0.4 is 0 Å². The Morgan fingerprint density at radius 3 is 0.680 bits per heavy atom. The highest BCUT2D eigenvalue weighted by Crippen LogP contribution is 2.50. The molecule has 0 unspecified atom stereocenters. The smallest absolute Gasteiger partial charge is 0.394 e. The van der Waals surface area contributed by atoms with Crippen LogP contribution in [0, 0.1) is 0 Å². The van der Waals surface area contributed by atoms with Gasteiger partial charge in [-0.15, -0.1) is 0 Å². The van der Waals surface area contributed by atoms with Gasteiger partial charge in [0.25, 0.3) is 0 Å². The molecule has 0 N–H and O–H groups in total. The lowest BCUT2D eigenvalue weighted by atomic mass is 10.1. The van der Waals surface area contributed by atoms with Gasteiger partial charge in [0, 0.05) is 0 Å². The van der Waals surface area contributed by atoms with E-state index in [-0.39, 0.29) is 0 Å². The first-order valence-electron chi connectivity index (χ1n) is 22.3. The van der Waals surface area contributed by atoms with Gasteiger partial charge in [-0.2, -0.15) is 4.57 Å². The molecule has 0 aromatic rings. The van der Waals surface area contributed by atoms with E-state index in [9.17, 15) is 4.57 Å². The van der Waals surface area contributed by atoms with Crippen LogP contribution in [0.5, 0.6) is 0 Å². The van der Waals surface area contributed by atoms with Gasteiger partial charge in [-0.25, -0.2) is 0 Å². The Balaban J connectivity index is 4.30. The van der Waals surface area contributed by atoms with Crippen molar-refractivity contribution in [3.05, 3.63) is 37.0 Å². The fourth-order valence-electron chi connectivity index (χ4n) is 6.41. The number of hydrogen-bond acceptors (Lipinski definition) is 4. The Bertz CT molecular complexity index is 677. The summed E-state index contributed by atoms with van der Waals surface area (Å²) in [7, 11) is -3.73. The Labute approximate surface area is 314 Å². The zero-order chi connectivity index (χ0) is 36.3. The SMILES string of the molecule is CCCCCCCCCCCCCC=COP(=O)(OC=CCCCCCCCCCCCCC)OC=CCCCCCCCCCCCCC. The molecule has 0 bridgehead atoms. The third-order valence-corrected chi connectivity index (χ3v) is 10.9. The summed E-state index contributed by atoms with van der Waals surface area (Å²) in [4.78, 5) is 0. The molecule has 0 aromatic heterocycles. The molecule has 0 spiro atoms. The molecule has 0 heterocycles. The molecule has 0 saturated carbocycles. The molecule has 0 radical (unpaired) electrons. The monoisotopic (exact) mass is 723 g/mol. The van der Waals surface area contributed by atoms with Gasteiger partial charge >= 0.3 is 7.82 Å². The first-order chi connectivity index (χ1) is 24.7. The summed E-state index contributed by atoms with van der Waals surface area (Å²) < 4.78 is 30.1. The van der Waals surface area contributed by atoms with E-state index < -0.39 is 7.82 Å². The van der Waals surface area contributed by atoms with E-state index in [1.165, 1.54) is 211 Å². The third-order valence-electron chi connectivity index (χ3n) is 9.78. The highest BCUT2D eigenvalue weighted by atomic mass is 31.2. The highest BCUT2D eigenvalue weighted by Gasteiger charge is 2.27. The van der Waals surface area contributed by atoms with Gasteiger partial charge in [-0.05, 0) is 56.8 Å². The average molecular weight is 723 g/mol. The average Bonchev–Trinajstić information content (AvgIpc) is 3.12. The van der Waals surface area contributed by atoms with E-state index in [2.05, 4.69) is 20.8 Å². The molecule has 0 aliphatic rings. The maximum atomic E-state index is 13.3. The minimum Gasteiger partial charge on any atom is -0.394 e.